The minimum Gasteiger partial charge on any atom is -0.370 e. The lowest BCUT2D eigenvalue weighted by Gasteiger charge is -2.48. The van der Waals surface area contributed by atoms with Crippen LogP contribution in [-0.4, -0.2) is 75.2 Å². The average Bonchev–Trinajstić information content (AvgIpc) is 2.57. The molecule has 4 atom stereocenters. The highest BCUT2D eigenvalue weighted by molar-refractivity contribution is 8.00. The number of morpholine rings is 2. The van der Waals surface area contributed by atoms with Crippen molar-refractivity contribution in [3.63, 3.8) is 0 Å². The van der Waals surface area contributed by atoms with Crippen molar-refractivity contribution in [3.8, 4) is 0 Å². The van der Waals surface area contributed by atoms with Gasteiger partial charge < -0.3 is 19.3 Å². The minimum absolute atomic E-state index is 0.913. The Hall–Kier alpha value is 0.190. The van der Waals surface area contributed by atoms with Crippen LogP contribution in [0.2, 0.25) is 0 Å². The third-order valence-corrected chi connectivity index (χ3v) is 7.92. The van der Waals surface area contributed by atoms with Crippen LogP contribution in [0.15, 0.2) is 0 Å². The van der Waals surface area contributed by atoms with Crippen LogP contribution in [0.3, 0.4) is 0 Å². The molecule has 0 radical (unpaired) electrons. The van der Waals surface area contributed by atoms with Gasteiger partial charge in [0.25, 0.3) is 0 Å². The van der Waals surface area contributed by atoms with E-state index in [0.29, 0.717) is 0 Å². The van der Waals surface area contributed by atoms with Crippen molar-refractivity contribution in [2.24, 2.45) is 0 Å². The van der Waals surface area contributed by atoms with Crippen LogP contribution in [0.1, 0.15) is 25.7 Å². The number of rotatable bonds is 2. The predicted octanol–water partition coefficient (Wildman–Crippen LogP) is -1.39. The minimum atomic E-state index is 0.913. The lowest BCUT2D eigenvalue weighted by atomic mass is 9.89. The summed E-state index contributed by atoms with van der Waals surface area (Å²) >= 11 is 2.35. The summed E-state index contributed by atoms with van der Waals surface area (Å²) in [5.74, 6) is 0. The van der Waals surface area contributed by atoms with E-state index in [1.807, 2.05) is 9.80 Å². The largest absolute Gasteiger partial charge is 0.370 e. The standard InChI is InChI=1S/C16H28N2O2S/c1-3-15-14(18-7-11-20-12-8-18)2-4-16(21-15)13(1)17-5-9-19-10-6-17/h13-16H,1-12H2/p+2/t13-,14-,15+,16+/m1/s1. The van der Waals surface area contributed by atoms with Crippen molar-refractivity contribution in [2.75, 3.05) is 52.6 Å². The molecule has 0 aromatic carbocycles. The van der Waals surface area contributed by atoms with E-state index in [0.717, 1.165) is 49.0 Å². The number of thioether (sulfide) groups is 1. The summed E-state index contributed by atoms with van der Waals surface area (Å²) < 4.78 is 11.1. The van der Waals surface area contributed by atoms with Crippen molar-refractivity contribution in [1.82, 2.24) is 0 Å². The fraction of sp³-hybridized carbons (Fsp3) is 1.00. The molecular weight excluding hydrogens is 284 g/mol. The summed E-state index contributed by atoms with van der Waals surface area (Å²) in [6.07, 6.45) is 5.81. The molecule has 2 N–H and O–H groups in total. The summed E-state index contributed by atoms with van der Waals surface area (Å²) in [4.78, 5) is 3.68. The average molecular weight is 314 g/mol. The second kappa shape index (κ2) is 6.75. The molecule has 2 bridgehead atoms. The number of nitrogens with one attached hydrogen (secondary N) is 2. The first-order chi connectivity index (χ1) is 10.4. The molecule has 4 heterocycles. The summed E-state index contributed by atoms with van der Waals surface area (Å²) in [6.45, 7) is 8.88. The van der Waals surface area contributed by atoms with Gasteiger partial charge in [-0.1, -0.05) is 0 Å². The molecular formula is C16H30N2O2S+2. The van der Waals surface area contributed by atoms with Crippen molar-refractivity contribution in [2.45, 2.75) is 48.3 Å². The molecule has 4 rings (SSSR count). The monoisotopic (exact) mass is 314 g/mol. The number of hydrogen-bond donors (Lipinski definition) is 2. The predicted molar refractivity (Wildman–Crippen MR) is 84.2 cm³/mol. The number of ether oxygens (including phenoxy) is 2. The van der Waals surface area contributed by atoms with Crippen LogP contribution in [0, 0.1) is 0 Å². The maximum Gasteiger partial charge on any atom is 0.101 e. The van der Waals surface area contributed by atoms with E-state index in [1.165, 1.54) is 51.9 Å². The highest BCUT2D eigenvalue weighted by atomic mass is 32.2. The molecule has 4 aliphatic heterocycles. The van der Waals surface area contributed by atoms with Gasteiger partial charge in [0.15, 0.2) is 0 Å². The maximum absolute atomic E-state index is 5.55. The fourth-order valence-electron chi connectivity index (χ4n) is 4.95. The van der Waals surface area contributed by atoms with E-state index in [2.05, 4.69) is 11.8 Å². The first kappa shape index (κ1) is 14.8. The van der Waals surface area contributed by atoms with Gasteiger partial charge in [0.05, 0.1) is 49.0 Å². The topological polar surface area (TPSA) is 27.3 Å². The molecule has 21 heavy (non-hydrogen) atoms. The normalized spacial score (nSPS) is 42.9. The van der Waals surface area contributed by atoms with Crippen LogP contribution >= 0.6 is 11.8 Å². The van der Waals surface area contributed by atoms with Gasteiger partial charge in [-0.2, -0.15) is 0 Å². The molecule has 4 aliphatic rings. The number of fused-ring (bicyclic) bond motifs is 2. The molecule has 0 saturated carbocycles. The van der Waals surface area contributed by atoms with Gasteiger partial charge in [-0.25, -0.2) is 0 Å². The molecule has 0 aromatic rings. The van der Waals surface area contributed by atoms with E-state index < -0.39 is 0 Å². The highest BCUT2D eigenvalue weighted by Crippen LogP contribution is 2.40. The van der Waals surface area contributed by atoms with Crippen molar-refractivity contribution >= 4 is 11.8 Å². The van der Waals surface area contributed by atoms with Crippen molar-refractivity contribution in [1.29, 1.82) is 0 Å². The second-order valence-electron chi connectivity index (χ2n) is 7.12. The smallest absolute Gasteiger partial charge is 0.101 e. The summed E-state index contributed by atoms with van der Waals surface area (Å²) in [6, 6.07) is 1.83. The molecule has 4 saturated heterocycles. The molecule has 4 fully saturated rings. The molecule has 0 amide bonds. The molecule has 0 spiro atoms. The zero-order valence-electron chi connectivity index (χ0n) is 13.0. The zero-order valence-corrected chi connectivity index (χ0v) is 13.8. The van der Waals surface area contributed by atoms with E-state index in [4.69, 9.17) is 9.47 Å². The molecule has 0 unspecified atom stereocenters. The van der Waals surface area contributed by atoms with E-state index in [1.54, 1.807) is 0 Å². The van der Waals surface area contributed by atoms with Gasteiger partial charge in [-0.3, -0.25) is 0 Å². The number of quaternary nitrogens is 2. The first-order valence-electron chi connectivity index (χ1n) is 8.92. The Kier molecular flexibility index (Phi) is 4.74. The van der Waals surface area contributed by atoms with Gasteiger partial charge in [-0.15, -0.1) is 11.8 Å². The van der Waals surface area contributed by atoms with E-state index >= 15 is 0 Å². The van der Waals surface area contributed by atoms with Crippen LogP contribution in [0.4, 0.5) is 0 Å². The van der Waals surface area contributed by atoms with Crippen molar-refractivity contribution < 1.29 is 19.3 Å². The van der Waals surface area contributed by atoms with Gasteiger partial charge in [0, 0.05) is 12.8 Å². The Balaban J connectivity index is 1.37. The van der Waals surface area contributed by atoms with Crippen LogP contribution in [0.25, 0.3) is 0 Å². The first-order valence-corrected chi connectivity index (χ1v) is 9.86. The van der Waals surface area contributed by atoms with Crippen LogP contribution < -0.4 is 9.80 Å². The maximum atomic E-state index is 5.55. The van der Waals surface area contributed by atoms with Crippen LogP contribution in [0.5, 0.6) is 0 Å². The van der Waals surface area contributed by atoms with Gasteiger partial charge in [-0.05, 0) is 12.8 Å². The molecule has 5 heteroatoms. The Labute approximate surface area is 132 Å². The molecule has 0 aromatic heterocycles. The molecule has 120 valence electrons. The van der Waals surface area contributed by atoms with Crippen LogP contribution in [-0.2, 0) is 9.47 Å². The Bertz CT molecular complexity index is 313. The lowest BCUT2D eigenvalue weighted by molar-refractivity contribution is -0.938. The summed E-state index contributed by atoms with van der Waals surface area (Å²) in [5.41, 5.74) is 0. The zero-order chi connectivity index (χ0) is 14.1. The van der Waals surface area contributed by atoms with E-state index in [-0.39, 0.29) is 0 Å². The Morgan fingerprint density at radius 1 is 0.619 bits per heavy atom. The third kappa shape index (κ3) is 3.13. The lowest BCUT2D eigenvalue weighted by Crippen LogP contribution is -3.20. The quantitative estimate of drug-likeness (QED) is 0.657. The fourth-order valence-corrected chi connectivity index (χ4v) is 6.98. The third-order valence-electron chi connectivity index (χ3n) is 6.09. The SMILES string of the molecule is C1C[NH+]([C@@H]2CC[C@@H]3S[C@H]2CC[C@H]3[NH+]2CCOCC2)CCO1. The van der Waals surface area contributed by atoms with Crippen molar-refractivity contribution in [3.05, 3.63) is 0 Å². The molecule has 4 nitrogen and oxygen atoms in total. The Morgan fingerprint density at radius 3 is 1.48 bits per heavy atom. The van der Waals surface area contributed by atoms with Gasteiger partial charge >= 0.3 is 0 Å². The summed E-state index contributed by atoms with van der Waals surface area (Å²) in [5, 5.41) is 1.85. The number of hydrogen-bond acceptors (Lipinski definition) is 3. The highest BCUT2D eigenvalue weighted by Gasteiger charge is 2.47. The van der Waals surface area contributed by atoms with Gasteiger partial charge in [0.2, 0.25) is 0 Å². The van der Waals surface area contributed by atoms with Gasteiger partial charge in [0.1, 0.15) is 26.2 Å². The second-order valence-corrected chi connectivity index (χ2v) is 8.61. The summed E-state index contributed by atoms with van der Waals surface area (Å²) in [7, 11) is 0. The molecule has 0 aliphatic carbocycles. The Morgan fingerprint density at radius 2 is 1.05 bits per heavy atom. The van der Waals surface area contributed by atoms with E-state index in [9.17, 15) is 0 Å².